The smallest absolute Gasteiger partial charge is 0.290 e. The Morgan fingerprint density at radius 1 is 0.895 bits per heavy atom. The van der Waals surface area contributed by atoms with Gasteiger partial charge in [-0.15, -0.1) is 0 Å². The summed E-state index contributed by atoms with van der Waals surface area (Å²) in [6, 6.07) is 17.1. The Morgan fingerprint density at radius 3 is 2.24 bits per heavy atom. The van der Waals surface area contributed by atoms with Crippen molar-refractivity contribution in [1.29, 1.82) is 0 Å². The molecule has 0 radical (unpaired) electrons. The first-order valence-electron chi connectivity index (χ1n) is 12.9. The minimum absolute atomic E-state index is 0.135. The van der Waals surface area contributed by atoms with Gasteiger partial charge in [0.15, 0.2) is 16.9 Å². The van der Waals surface area contributed by atoms with Crippen LogP contribution in [0, 0.1) is 13.8 Å². The molecule has 1 aliphatic heterocycles. The first-order chi connectivity index (χ1) is 18.2. The predicted octanol–water partition coefficient (Wildman–Crippen LogP) is 6.34. The van der Waals surface area contributed by atoms with E-state index in [0.717, 1.165) is 22.3 Å². The van der Waals surface area contributed by atoms with Crippen LogP contribution in [0.3, 0.4) is 0 Å². The van der Waals surface area contributed by atoms with Gasteiger partial charge in [0.25, 0.3) is 5.91 Å². The van der Waals surface area contributed by atoms with Crippen molar-refractivity contribution < 1.29 is 18.7 Å². The number of aryl methyl sites for hydroxylation is 2. The summed E-state index contributed by atoms with van der Waals surface area (Å²) in [7, 11) is 3.20. The Hall–Kier alpha value is -4.06. The van der Waals surface area contributed by atoms with E-state index in [9.17, 15) is 9.59 Å². The molecule has 0 N–H and O–H groups in total. The molecule has 5 rings (SSSR count). The second-order valence-electron chi connectivity index (χ2n) is 10.3. The quantitative estimate of drug-likeness (QED) is 0.290. The van der Waals surface area contributed by atoms with Gasteiger partial charge in [-0.05, 0) is 78.3 Å². The fourth-order valence-electron chi connectivity index (χ4n) is 5.20. The summed E-state index contributed by atoms with van der Waals surface area (Å²) in [6.07, 6.45) is 0.576. The van der Waals surface area contributed by atoms with Crippen LogP contribution in [0.4, 0.5) is 0 Å². The van der Waals surface area contributed by atoms with Gasteiger partial charge in [0.05, 0.1) is 31.2 Å². The van der Waals surface area contributed by atoms with Crippen LogP contribution in [0.1, 0.15) is 69.7 Å². The average molecular weight is 512 g/mol. The van der Waals surface area contributed by atoms with Crippen molar-refractivity contribution in [3.05, 3.63) is 104 Å². The van der Waals surface area contributed by atoms with E-state index in [1.807, 2.05) is 56.3 Å². The Bertz CT molecular complexity index is 1580. The van der Waals surface area contributed by atoms with Crippen LogP contribution >= 0.6 is 0 Å². The van der Waals surface area contributed by atoms with Gasteiger partial charge in [-0.3, -0.25) is 9.59 Å². The molecule has 0 fully saturated rings. The van der Waals surface area contributed by atoms with E-state index in [1.54, 1.807) is 19.1 Å². The van der Waals surface area contributed by atoms with Crippen molar-refractivity contribution in [3.63, 3.8) is 0 Å². The van der Waals surface area contributed by atoms with Gasteiger partial charge in [-0.1, -0.05) is 44.2 Å². The van der Waals surface area contributed by atoms with E-state index in [4.69, 9.17) is 13.9 Å². The SMILES string of the molecule is COc1ccc(CCN2C(=O)c3oc4cc(C)c(C)cc4c(=O)c3C2c2ccc(C(C)C)cc2)cc1OC. The third kappa shape index (κ3) is 4.34. The van der Waals surface area contributed by atoms with Crippen LogP contribution in [-0.2, 0) is 6.42 Å². The standard InChI is InChI=1S/C32H33NO5/c1-18(2)22-8-10-23(11-9-22)29-28-30(34)24-15-19(3)20(4)16-26(24)38-31(28)32(35)33(29)14-13-21-7-12-25(36-5)27(17-21)37-6/h7-12,15-18,29H,13-14H2,1-6H3. The highest BCUT2D eigenvalue weighted by Crippen LogP contribution is 2.39. The molecule has 0 spiro atoms. The Balaban J connectivity index is 1.60. The van der Waals surface area contributed by atoms with Gasteiger partial charge >= 0.3 is 0 Å². The average Bonchev–Trinajstić information content (AvgIpc) is 3.19. The molecular formula is C32H33NO5. The van der Waals surface area contributed by atoms with Crippen LogP contribution in [0.25, 0.3) is 11.0 Å². The highest BCUT2D eigenvalue weighted by molar-refractivity contribution is 5.99. The van der Waals surface area contributed by atoms with E-state index >= 15 is 0 Å². The van der Waals surface area contributed by atoms with E-state index in [-0.39, 0.29) is 17.1 Å². The number of ether oxygens (including phenoxy) is 2. The molecule has 2 heterocycles. The van der Waals surface area contributed by atoms with Crippen LogP contribution in [0.5, 0.6) is 11.5 Å². The number of benzene rings is 3. The summed E-state index contributed by atoms with van der Waals surface area (Å²) in [4.78, 5) is 29.4. The Labute approximate surface area is 222 Å². The fourth-order valence-corrected chi connectivity index (χ4v) is 5.20. The zero-order chi connectivity index (χ0) is 27.1. The summed E-state index contributed by atoms with van der Waals surface area (Å²) in [5, 5.41) is 0.505. The number of carbonyl (C=O) groups excluding carboxylic acids is 1. The number of hydrogen-bond acceptors (Lipinski definition) is 5. The number of amides is 1. The first-order valence-corrected chi connectivity index (χ1v) is 12.9. The molecule has 6 heteroatoms. The van der Waals surface area contributed by atoms with Crippen LogP contribution in [-0.4, -0.2) is 31.6 Å². The molecule has 0 saturated carbocycles. The summed E-state index contributed by atoms with van der Waals surface area (Å²) in [5.74, 6) is 1.53. The number of nitrogens with zero attached hydrogens (tertiary/aromatic N) is 1. The monoisotopic (exact) mass is 511 g/mol. The van der Waals surface area contributed by atoms with Crippen LogP contribution in [0.15, 0.2) is 63.8 Å². The molecule has 0 saturated heterocycles. The summed E-state index contributed by atoms with van der Waals surface area (Å²) in [6.45, 7) is 8.64. The van der Waals surface area contributed by atoms with Crippen molar-refractivity contribution in [2.24, 2.45) is 0 Å². The molecule has 1 aliphatic rings. The first kappa shape index (κ1) is 25.6. The van der Waals surface area contributed by atoms with Gasteiger partial charge in [0, 0.05) is 6.54 Å². The second kappa shape index (κ2) is 10.0. The molecule has 4 aromatic rings. The molecule has 3 aromatic carbocycles. The van der Waals surface area contributed by atoms with Gasteiger partial charge in [-0.25, -0.2) is 0 Å². The van der Waals surface area contributed by atoms with Crippen LogP contribution < -0.4 is 14.9 Å². The molecule has 0 aliphatic carbocycles. The van der Waals surface area contributed by atoms with Gasteiger partial charge in [0.2, 0.25) is 5.76 Å². The maximum atomic E-state index is 13.9. The second-order valence-corrected chi connectivity index (χ2v) is 10.3. The third-order valence-corrected chi connectivity index (χ3v) is 7.59. The van der Waals surface area contributed by atoms with Crippen molar-refractivity contribution in [2.45, 2.75) is 46.1 Å². The summed E-state index contributed by atoms with van der Waals surface area (Å²) >= 11 is 0. The van der Waals surface area contributed by atoms with Gasteiger partial charge in [-0.2, -0.15) is 0 Å². The van der Waals surface area contributed by atoms with E-state index < -0.39 is 6.04 Å². The summed E-state index contributed by atoms with van der Waals surface area (Å²) in [5.41, 5.74) is 5.82. The molecule has 6 nitrogen and oxygen atoms in total. The maximum absolute atomic E-state index is 13.9. The molecular weight excluding hydrogens is 478 g/mol. The number of carbonyl (C=O) groups is 1. The molecule has 1 unspecified atom stereocenters. The largest absolute Gasteiger partial charge is 0.493 e. The number of hydrogen-bond donors (Lipinski definition) is 0. The normalized spacial score (nSPS) is 14.9. The van der Waals surface area contributed by atoms with Crippen molar-refractivity contribution >= 4 is 16.9 Å². The predicted molar refractivity (Wildman–Crippen MR) is 149 cm³/mol. The van der Waals surface area contributed by atoms with Crippen molar-refractivity contribution in [3.8, 4) is 11.5 Å². The molecule has 38 heavy (non-hydrogen) atoms. The topological polar surface area (TPSA) is 69.0 Å². The number of methoxy groups -OCH3 is 2. The number of rotatable bonds is 7. The van der Waals surface area contributed by atoms with E-state index in [1.165, 1.54) is 5.56 Å². The fraction of sp³-hybridized carbons (Fsp3) is 0.312. The lowest BCUT2D eigenvalue weighted by Gasteiger charge is -2.25. The van der Waals surface area contributed by atoms with Crippen LogP contribution in [0.2, 0.25) is 0 Å². The highest BCUT2D eigenvalue weighted by Gasteiger charge is 2.42. The lowest BCUT2D eigenvalue weighted by Crippen LogP contribution is -2.31. The summed E-state index contributed by atoms with van der Waals surface area (Å²) < 4.78 is 17.0. The zero-order valence-electron chi connectivity index (χ0n) is 22.8. The van der Waals surface area contributed by atoms with E-state index in [0.29, 0.717) is 46.9 Å². The maximum Gasteiger partial charge on any atom is 0.290 e. The van der Waals surface area contributed by atoms with Crippen molar-refractivity contribution in [1.82, 2.24) is 4.90 Å². The highest BCUT2D eigenvalue weighted by atomic mass is 16.5. The Morgan fingerprint density at radius 2 is 1.58 bits per heavy atom. The lowest BCUT2D eigenvalue weighted by atomic mass is 9.94. The molecule has 1 aromatic heterocycles. The molecule has 1 amide bonds. The van der Waals surface area contributed by atoms with Crippen molar-refractivity contribution in [2.75, 3.05) is 20.8 Å². The minimum Gasteiger partial charge on any atom is -0.493 e. The van der Waals surface area contributed by atoms with E-state index in [2.05, 4.69) is 26.0 Å². The molecule has 1 atom stereocenters. The number of fused-ring (bicyclic) bond motifs is 2. The Kier molecular flexibility index (Phi) is 6.74. The third-order valence-electron chi connectivity index (χ3n) is 7.59. The minimum atomic E-state index is -0.527. The molecule has 196 valence electrons. The lowest BCUT2D eigenvalue weighted by molar-refractivity contribution is 0.0730. The van der Waals surface area contributed by atoms with Gasteiger partial charge in [0.1, 0.15) is 5.58 Å². The van der Waals surface area contributed by atoms with Gasteiger partial charge < -0.3 is 18.8 Å². The zero-order valence-corrected chi connectivity index (χ0v) is 22.8. The molecule has 0 bridgehead atoms.